The number of unbranched alkanes of at least 4 members (excludes halogenated alkanes) is 3. The highest BCUT2D eigenvalue weighted by Crippen LogP contribution is 2.39. The summed E-state index contributed by atoms with van der Waals surface area (Å²) in [6.07, 6.45) is 13.2. The lowest BCUT2D eigenvalue weighted by atomic mass is 9.95. The first-order valence-corrected chi connectivity index (χ1v) is 15.8. The molecule has 0 heterocycles. The minimum absolute atomic E-state index is 0.294. The molecule has 0 amide bonds. The molecule has 1 aliphatic carbocycles. The van der Waals surface area contributed by atoms with Crippen molar-refractivity contribution in [1.29, 1.82) is 0 Å². The SMILES string of the molecule is CCCCC(CC)COC(=O)C1CC(C(=O)OCC(CC)CCCC)C(C(=O)OCC(CC)CCCC)C1. The molecule has 1 aliphatic rings. The van der Waals surface area contributed by atoms with Crippen LogP contribution in [0.3, 0.4) is 0 Å². The summed E-state index contributed by atoms with van der Waals surface area (Å²) in [5.74, 6) is -1.81. The maximum atomic E-state index is 13.2. The number of carbonyl (C=O) groups excluding carboxylic acids is 3. The van der Waals surface area contributed by atoms with E-state index in [1.54, 1.807) is 0 Å². The zero-order valence-electron chi connectivity index (χ0n) is 25.4. The minimum Gasteiger partial charge on any atom is -0.465 e. The fourth-order valence-corrected chi connectivity index (χ4v) is 5.38. The van der Waals surface area contributed by atoms with Crippen LogP contribution in [-0.4, -0.2) is 37.7 Å². The zero-order chi connectivity index (χ0) is 28.3. The lowest BCUT2D eigenvalue weighted by Gasteiger charge is -2.21. The van der Waals surface area contributed by atoms with Crippen LogP contribution in [0.15, 0.2) is 0 Å². The van der Waals surface area contributed by atoms with Gasteiger partial charge in [-0.1, -0.05) is 99.3 Å². The Balaban J connectivity index is 2.86. The van der Waals surface area contributed by atoms with E-state index in [4.69, 9.17) is 14.2 Å². The molecule has 1 fully saturated rings. The van der Waals surface area contributed by atoms with Crippen molar-refractivity contribution >= 4 is 17.9 Å². The third kappa shape index (κ3) is 12.5. The van der Waals surface area contributed by atoms with Crippen molar-refractivity contribution in [3.8, 4) is 0 Å². The van der Waals surface area contributed by atoms with Crippen molar-refractivity contribution in [2.45, 2.75) is 131 Å². The van der Waals surface area contributed by atoms with Crippen LogP contribution in [0.4, 0.5) is 0 Å². The van der Waals surface area contributed by atoms with Gasteiger partial charge in [0.25, 0.3) is 0 Å². The first kappa shape index (κ1) is 34.4. The molecule has 0 aromatic carbocycles. The van der Waals surface area contributed by atoms with Crippen LogP contribution in [-0.2, 0) is 28.6 Å². The number of ether oxygens (including phenoxy) is 3. The minimum atomic E-state index is -0.651. The monoisotopic (exact) mass is 538 g/mol. The predicted octanol–water partition coefficient (Wildman–Crippen LogP) is 7.91. The van der Waals surface area contributed by atoms with Gasteiger partial charge >= 0.3 is 17.9 Å². The molecule has 0 aliphatic heterocycles. The molecular weight excluding hydrogens is 480 g/mol. The first-order valence-electron chi connectivity index (χ1n) is 15.8. The van der Waals surface area contributed by atoms with Gasteiger partial charge in [0, 0.05) is 0 Å². The highest BCUT2D eigenvalue weighted by atomic mass is 16.5. The van der Waals surface area contributed by atoms with E-state index in [1.165, 1.54) is 0 Å². The average molecular weight is 539 g/mol. The molecule has 5 atom stereocenters. The van der Waals surface area contributed by atoms with Gasteiger partial charge in [-0.15, -0.1) is 0 Å². The maximum Gasteiger partial charge on any atom is 0.309 e. The van der Waals surface area contributed by atoms with Gasteiger partial charge in [0.15, 0.2) is 0 Å². The van der Waals surface area contributed by atoms with E-state index in [0.29, 0.717) is 50.4 Å². The van der Waals surface area contributed by atoms with Crippen LogP contribution < -0.4 is 0 Å². The highest BCUT2D eigenvalue weighted by molar-refractivity contribution is 5.85. The Labute approximate surface area is 233 Å². The van der Waals surface area contributed by atoms with Crippen molar-refractivity contribution in [1.82, 2.24) is 0 Å². The molecule has 5 unspecified atom stereocenters. The van der Waals surface area contributed by atoms with Gasteiger partial charge < -0.3 is 14.2 Å². The van der Waals surface area contributed by atoms with E-state index < -0.39 is 17.8 Å². The molecular formula is C32H58O6. The lowest BCUT2D eigenvalue weighted by Crippen LogP contribution is -2.30. The molecule has 6 heteroatoms. The summed E-state index contributed by atoms with van der Waals surface area (Å²) in [5, 5.41) is 0. The summed E-state index contributed by atoms with van der Waals surface area (Å²) in [6, 6.07) is 0. The summed E-state index contributed by atoms with van der Waals surface area (Å²) in [5.41, 5.74) is 0. The van der Waals surface area contributed by atoms with Crippen LogP contribution in [0.1, 0.15) is 131 Å². The van der Waals surface area contributed by atoms with E-state index in [0.717, 1.165) is 77.0 Å². The van der Waals surface area contributed by atoms with E-state index in [2.05, 4.69) is 41.5 Å². The molecule has 0 radical (unpaired) electrons. The number of carbonyl (C=O) groups is 3. The van der Waals surface area contributed by atoms with Crippen LogP contribution in [0.25, 0.3) is 0 Å². The molecule has 0 bridgehead atoms. The molecule has 0 spiro atoms. The Kier molecular flexibility index (Phi) is 18.4. The van der Waals surface area contributed by atoms with Crippen LogP contribution in [0.5, 0.6) is 0 Å². The Hall–Kier alpha value is -1.59. The fraction of sp³-hybridized carbons (Fsp3) is 0.906. The highest BCUT2D eigenvalue weighted by Gasteiger charge is 2.47. The second-order valence-corrected chi connectivity index (χ2v) is 11.5. The van der Waals surface area contributed by atoms with Crippen molar-refractivity contribution in [3.05, 3.63) is 0 Å². The van der Waals surface area contributed by atoms with Crippen molar-refractivity contribution in [2.75, 3.05) is 19.8 Å². The number of rotatable bonds is 21. The van der Waals surface area contributed by atoms with Gasteiger partial charge in [0.1, 0.15) is 0 Å². The van der Waals surface area contributed by atoms with Crippen LogP contribution in [0.2, 0.25) is 0 Å². The van der Waals surface area contributed by atoms with Gasteiger partial charge in [-0.25, -0.2) is 0 Å². The van der Waals surface area contributed by atoms with E-state index in [-0.39, 0.29) is 17.9 Å². The van der Waals surface area contributed by atoms with Crippen molar-refractivity contribution in [2.24, 2.45) is 35.5 Å². The molecule has 0 saturated heterocycles. The smallest absolute Gasteiger partial charge is 0.309 e. The number of hydrogen-bond donors (Lipinski definition) is 0. The molecule has 38 heavy (non-hydrogen) atoms. The molecule has 0 aromatic rings. The second-order valence-electron chi connectivity index (χ2n) is 11.5. The van der Waals surface area contributed by atoms with Crippen LogP contribution in [0, 0.1) is 35.5 Å². The van der Waals surface area contributed by atoms with Crippen molar-refractivity contribution < 1.29 is 28.6 Å². The Morgan fingerprint density at radius 1 is 0.553 bits per heavy atom. The van der Waals surface area contributed by atoms with E-state index in [1.807, 2.05) is 0 Å². The summed E-state index contributed by atoms with van der Waals surface area (Å²) >= 11 is 0. The van der Waals surface area contributed by atoms with Gasteiger partial charge in [-0.3, -0.25) is 14.4 Å². The number of hydrogen-bond acceptors (Lipinski definition) is 6. The summed E-state index contributed by atoms with van der Waals surface area (Å²) in [7, 11) is 0. The first-order chi connectivity index (χ1) is 18.3. The largest absolute Gasteiger partial charge is 0.465 e. The van der Waals surface area contributed by atoms with Gasteiger partial charge in [-0.2, -0.15) is 0 Å². The van der Waals surface area contributed by atoms with Crippen LogP contribution >= 0.6 is 0 Å². The average Bonchev–Trinajstić information content (AvgIpc) is 3.39. The Morgan fingerprint density at radius 3 is 1.16 bits per heavy atom. The zero-order valence-corrected chi connectivity index (χ0v) is 25.4. The van der Waals surface area contributed by atoms with E-state index in [9.17, 15) is 14.4 Å². The molecule has 222 valence electrons. The van der Waals surface area contributed by atoms with E-state index >= 15 is 0 Å². The number of esters is 3. The predicted molar refractivity (Wildman–Crippen MR) is 152 cm³/mol. The Bertz CT molecular complexity index is 622. The standard InChI is InChI=1S/C32H58O6/c1-7-13-16-24(10-4)21-36-30(33)27-19-28(31(34)37-22-25(11-5)17-14-8-2)29(20-27)32(35)38-23-26(12-6)18-15-9-3/h24-29H,7-23H2,1-6H3. The van der Waals surface area contributed by atoms with Gasteiger partial charge in [0.05, 0.1) is 37.6 Å². The molecule has 6 nitrogen and oxygen atoms in total. The second kappa shape index (κ2) is 20.3. The topological polar surface area (TPSA) is 78.9 Å². The Morgan fingerprint density at radius 2 is 0.868 bits per heavy atom. The molecule has 1 saturated carbocycles. The maximum absolute atomic E-state index is 13.2. The van der Waals surface area contributed by atoms with Crippen molar-refractivity contribution in [3.63, 3.8) is 0 Å². The summed E-state index contributed by atoms with van der Waals surface area (Å²) in [6.45, 7) is 14.0. The molecule has 0 N–H and O–H groups in total. The summed E-state index contributed by atoms with van der Waals surface area (Å²) in [4.78, 5) is 39.4. The van der Waals surface area contributed by atoms with Gasteiger partial charge in [-0.05, 0) is 49.9 Å². The lowest BCUT2D eigenvalue weighted by molar-refractivity contribution is -0.161. The third-order valence-electron chi connectivity index (χ3n) is 8.52. The quantitative estimate of drug-likeness (QED) is 0.109. The molecule has 1 rings (SSSR count). The normalized spacial score (nSPS) is 21.5. The third-order valence-corrected chi connectivity index (χ3v) is 8.52. The molecule has 0 aromatic heterocycles. The fourth-order valence-electron chi connectivity index (χ4n) is 5.38. The van der Waals surface area contributed by atoms with Gasteiger partial charge in [0.2, 0.25) is 0 Å². The summed E-state index contributed by atoms with van der Waals surface area (Å²) < 4.78 is 17.2.